The third-order valence-corrected chi connectivity index (χ3v) is 6.24. The van der Waals surface area contributed by atoms with Crippen molar-refractivity contribution >= 4 is 5.91 Å². The number of carbonyl (C=O) groups is 1. The smallest absolute Gasteiger partial charge is 0.224 e. The molecule has 0 N–H and O–H groups in total. The van der Waals surface area contributed by atoms with Gasteiger partial charge in [-0.2, -0.15) is 0 Å². The van der Waals surface area contributed by atoms with Gasteiger partial charge in [0.05, 0.1) is 0 Å². The highest BCUT2D eigenvalue weighted by Crippen LogP contribution is 2.23. The zero-order chi connectivity index (χ0) is 19.2. The number of hydrogen-bond acceptors (Lipinski definition) is 3. The topological polar surface area (TPSA) is 41.4 Å². The van der Waals surface area contributed by atoms with E-state index in [0.717, 1.165) is 37.3 Å². The summed E-state index contributed by atoms with van der Waals surface area (Å²) in [6.07, 6.45) is 11.7. The van der Waals surface area contributed by atoms with Crippen LogP contribution in [0.4, 0.5) is 0 Å². The van der Waals surface area contributed by atoms with E-state index in [2.05, 4.69) is 31.5 Å². The summed E-state index contributed by atoms with van der Waals surface area (Å²) in [5.74, 6) is 1.25. The van der Waals surface area contributed by atoms with Crippen molar-refractivity contribution in [1.29, 1.82) is 0 Å². The van der Waals surface area contributed by atoms with E-state index in [1.165, 1.54) is 38.8 Å². The van der Waals surface area contributed by atoms with Gasteiger partial charge in [-0.05, 0) is 51.6 Å². The van der Waals surface area contributed by atoms with Crippen molar-refractivity contribution in [3.63, 3.8) is 0 Å². The highest BCUT2D eigenvalue weighted by atomic mass is 16.2. The van der Waals surface area contributed by atoms with Gasteiger partial charge in [-0.15, -0.1) is 0 Å². The Morgan fingerprint density at radius 2 is 1.79 bits per heavy atom. The number of rotatable bonds is 7. The van der Waals surface area contributed by atoms with Gasteiger partial charge < -0.3 is 14.4 Å². The van der Waals surface area contributed by atoms with Gasteiger partial charge in [0.25, 0.3) is 0 Å². The van der Waals surface area contributed by atoms with E-state index in [4.69, 9.17) is 0 Å². The first kappa shape index (κ1) is 19.2. The number of nitrogens with zero attached hydrogens (tertiary/aromatic N) is 4. The van der Waals surface area contributed by atoms with Crippen molar-refractivity contribution in [2.75, 3.05) is 26.2 Å². The van der Waals surface area contributed by atoms with Crippen molar-refractivity contribution in [2.45, 2.75) is 57.5 Å². The van der Waals surface area contributed by atoms with Crippen LogP contribution in [0.5, 0.6) is 0 Å². The number of piperidine rings is 1. The predicted molar refractivity (Wildman–Crippen MR) is 112 cm³/mol. The molecule has 2 aromatic rings. The van der Waals surface area contributed by atoms with Gasteiger partial charge >= 0.3 is 0 Å². The standard InChI is InChI=1S/C23H32N4O/c28-22(12-18-26-19-13-24-23(26)20-8-2-1-3-9-20)27-16-5-4-10-21(27)11-17-25-14-6-7-15-25/h1-3,8-9,13,19,21H,4-7,10-12,14-18H2. The summed E-state index contributed by atoms with van der Waals surface area (Å²) in [6.45, 7) is 5.25. The van der Waals surface area contributed by atoms with E-state index in [1.54, 1.807) is 0 Å². The van der Waals surface area contributed by atoms with Crippen LogP contribution in [0.3, 0.4) is 0 Å². The quantitative estimate of drug-likeness (QED) is 0.733. The number of hydrogen-bond donors (Lipinski definition) is 0. The molecule has 4 rings (SSSR count). The number of aromatic nitrogens is 2. The Morgan fingerprint density at radius 1 is 1.00 bits per heavy atom. The summed E-state index contributed by atoms with van der Waals surface area (Å²) >= 11 is 0. The monoisotopic (exact) mass is 380 g/mol. The Bertz CT molecular complexity index is 751. The van der Waals surface area contributed by atoms with Crippen LogP contribution in [-0.2, 0) is 11.3 Å². The van der Waals surface area contributed by atoms with Gasteiger partial charge in [0.1, 0.15) is 5.82 Å². The van der Waals surface area contributed by atoms with E-state index in [9.17, 15) is 4.79 Å². The number of aryl methyl sites for hydroxylation is 1. The number of imidazole rings is 1. The molecule has 2 saturated heterocycles. The lowest BCUT2D eigenvalue weighted by Gasteiger charge is -2.37. The molecule has 1 amide bonds. The van der Waals surface area contributed by atoms with E-state index < -0.39 is 0 Å². The molecule has 1 unspecified atom stereocenters. The van der Waals surface area contributed by atoms with Gasteiger partial charge in [-0.1, -0.05) is 30.3 Å². The molecule has 2 aliphatic rings. The van der Waals surface area contributed by atoms with Crippen LogP contribution in [0.1, 0.15) is 44.9 Å². The van der Waals surface area contributed by atoms with Crippen molar-refractivity contribution in [2.24, 2.45) is 0 Å². The van der Waals surface area contributed by atoms with Crippen LogP contribution in [0.2, 0.25) is 0 Å². The molecule has 0 spiro atoms. The molecule has 5 nitrogen and oxygen atoms in total. The molecule has 0 bridgehead atoms. The van der Waals surface area contributed by atoms with E-state index >= 15 is 0 Å². The van der Waals surface area contributed by atoms with Crippen LogP contribution in [0.15, 0.2) is 42.7 Å². The van der Waals surface area contributed by atoms with Crippen LogP contribution < -0.4 is 0 Å². The lowest BCUT2D eigenvalue weighted by Crippen LogP contribution is -2.45. The number of benzene rings is 1. The largest absolute Gasteiger partial charge is 0.340 e. The van der Waals surface area contributed by atoms with Gasteiger partial charge in [0, 0.05) is 50.1 Å². The van der Waals surface area contributed by atoms with Crippen LogP contribution >= 0.6 is 0 Å². The zero-order valence-electron chi connectivity index (χ0n) is 16.8. The molecular weight excluding hydrogens is 348 g/mol. The Balaban J connectivity index is 1.34. The normalized spacial score (nSPS) is 20.6. The molecule has 0 radical (unpaired) electrons. The van der Waals surface area contributed by atoms with Crippen LogP contribution in [0.25, 0.3) is 11.4 Å². The average Bonchev–Trinajstić information content (AvgIpc) is 3.43. The number of likely N-dealkylation sites (tertiary alicyclic amines) is 2. The first-order chi connectivity index (χ1) is 13.8. The minimum absolute atomic E-state index is 0.304. The maximum Gasteiger partial charge on any atom is 0.224 e. The summed E-state index contributed by atoms with van der Waals surface area (Å²) in [5.41, 5.74) is 1.10. The van der Waals surface area contributed by atoms with Crippen molar-refractivity contribution < 1.29 is 4.79 Å². The molecule has 2 aliphatic heterocycles. The fourth-order valence-electron chi connectivity index (χ4n) is 4.66. The highest BCUT2D eigenvalue weighted by molar-refractivity contribution is 5.76. The number of carbonyl (C=O) groups excluding carboxylic acids is 1. The third kappa shape index (κ3) is 4.64. The second-order valence-electron chi connectivity index (χ2n) is 8.13. The molecule has 1 aromatic carbocycles. The van der Waals surface area contributed by atoms with Crippen molar-refractivity contribution in [3.8, 4) is 11.4 Å². The van der Waals surface area contributed by atoms with E-state index in [0.29, 0.717) is 24.9 Å². The molecule has 0 aliphatic carbocycles. The molecule has 28 heavy (non-hydrogen) atoms. The lowest BCUT2D eigenvalue weighted by atomic mass is 9.98. The minimum Gasteiger partial charge on any atom is -0.340 e. The van der Waals surface area contributed by atoms with E-state index in [1.807, 2.05) is 30.6 Å². The molecule has 0 saturated carbocycles. The summed E-state index contributed by atoms with van der Waals surface area (Å²) < 4.78 is 2.11. The van der Waals surface area contributed by atoms with Gasteiger partial charge in [-0.3, -0.25) is 4.79 Å². The molecule has 2 fully saturated rings. The molecular formula is C23H32N4O. The average molecular weight is 381 g/mol. The van der Waals surface area contributed by atoms with E-state index in [-0.39, 0.29) is 0 Å². The number of amides is 1. The Kier molecular flexibility index (Phi) is 6.42. The minimum atomic E-state index is 0.304. The Morgan fingerprint density at radius 3 is 2.61 bits per heavy atom. The molecule has 5 heteroatoms. The second kappa shape index (κ2) is 9.37. The van der Waals surface area contributed by atoms with Crippen LogP contribution in [-0.4, -0.2) is 57.5 Å². The summed E-state index contributed by atoms with van der Waals surface area (Å²) in [5, 5.41) is 0. The molecule has 1 aromatic heterocycles. The third-order valence-electron chi connectivity index (χ3n) is 6.24. The van der Waals surface area contributed by atoms with Gasteiger partial charge in [-0.25, -0.2) is 4.98 Å². The maximum absolute atomic E-state index is 13.0. The van der Waals surface area contributed by atoms with Gasteiger partial charge in [0.15, 0.2) is 0 Å². The fraction of sp³-hybridized carbons (Fsp3) is 0.565. The van der Waals surface area contributed by atoms with Crippen molar-refractivity contribution in [1.82, 2.24) is 19.4 Å². The summed E-state index contributed by atoms with van der Waals surface area (Å²) in [7, 11) is 0. The van der Waals surface area contributed by atoms with Gasteiger partial charge in [0.2, 0.25) is 5.91 Å². The fourth-order valence-corrected chi connectivity index (χ4v) is 4.66. The molecule has 3 heterocycles. The highest BCUT2D eigenvalue weighted by Gasteiger charge is 2.27. The zero-order valence-corrected chi connectivity index (χ0v) is 16.8. The molecule has 1 atom stereocenters. The Labute approximate surface area is 168 Å². The summed E-state index contributed by atoms with van der Waals surface area (Å²) in [4.78, 5) is 22.3. The first-order valence-electron chi connectivity index (χ1n) is 10.9. The van der Waals surface area contributed by atoms with Crippen LogP contribution in [0, 0.1) is 0 Å². The molecule has 150 valence electrons. The SMILES string of the molecule is O=C(CCn1ccnc1-c1ccccc1)N1CCCCC1CCN1CCCC1. The maximum atomic E-state index is 13.0. The second-order valence-corrected chi connectivity index (χ2v) is 8.13. The summed E-state index contributed by atoms with van der Waals surface area (Å²) in [6, 6.07) is 10.6. The lowest BCUT2D eigenvalue weighted by molar-refractivity contribution is -0.135. The van der Waals surface area contributed by atoms with Crippen molar-refractivity contribution in [3.05, 3.63) is 42.7 Å². The first-order valence-corrected chi connectivity index (χ1v) is 10.9. The Hall–Kier alpha value is -2.14. The predicted octanol–water partition coefficient (Wildman–Crippen LogP) is 3.81.